The summed E-state index contributed by atoms with van der Waals surface area (Å²) in [4.78, 5) is 0. The maximum atomic E-state index is 12.5. The van der Waals surface area contributed by atoms with Gasteiger partial charge < -0.3 is 0 Å². The number of aromatic amines is 1. The lowest BCUT2D eigenvalue weighted by Crippen LogP contribution is -2.04. The molecule has 1 aromatic carbocycles. The van der Waals surface area contributed by atoms with E-state index in [2.05, 4.69) is 10.2 Å². The van der Waals surface area contributed by atoms with E-state index < -0.39 is 11.7 Å². The van der Waals surface area contributed by atoms with Gasteiger partial charge in [-0.15, -0.1) is 0 Å². The van der Waals surface area contributed by atoms with Gasteiger partial charge in [-0.25, -0.2) is 0 Å². The third-order valence-electron chi connectivity index (χ3n) is 2.33. The SMILES string of the molecule is Cc1[nH]ncc1-c1cccc(C(F)(F)F)c1. The molecular formula is C11H9F3N2. The van der Waals surface area contributed by atoms with Crippen molar-refractivity contribution in [2.75, 3.05) is 0 Å². The molecule has 0 saturated heterocycles. The quantitative estimate of drug-likeness (QED) is 0.793. The predicted molar refractivity (Wildman–Crippen MR) is 53.8 cm³/mol. The first kappa shape index (κ1) is 10.7. The van der Waals surface area contributed by atoms with Gasteiger partial charge in [0.25, 0.3) is 0 Å². The molecule has 2 aromatic rings. The molecule has 0 aliphatic carbocycles. The monoisotopic (exact) mass is 226 g/mol. The Kier molecular flexibility index (Phi) is 2.46. The van der Waals surface area contributed by atoms with Crippen LogP contribution in [0.15, 0.2) is 30.5 Å². The lowest BCUT2D eigenvalue weighted by atomic mass is 10.0. The van der Waals surface area contributed by atoms with E-state index >= 15 is 0 Å². The van der Waals surface area contributed by atoms with Crippen LogP contribution in [-0.4, -0.2) is 10.2 Å². The van der Waals surface area contributed by atoms with Crippen LogP contribution in [0.1, 0.15) is 11.3 Å². The number of hydrogen-bond donors (Lipinski definition) is 1. The molecule has 16 heavy (non-hydrogen) atoms. The van der Waals surface area contributed by atoms with Crippen LogP contribution >= 0.6 is 0 Å². The summed E-state index contributed by atoms with van der Waals surface area (Å²) in [6, 6.07) is 5.20. The van der Waals surface area contributed by atoms with Crippen molar-refractivity contribution in [1.29, 1.82) is 0 Å². The van der Waals surface area contributed by atoms with Crippen LogP contribution < -0.4 is 0 Å². The molecule has 0 atom stereocenters. The minimum Gasteiger partial charge on any atom is -0.282 e. The molecule has 84 valence electrons. The zero-order valence-corrected chi connectivity index (χ0v) is 8.47. The molecule has 0 bridgehead atoms. The van der Waals surface area contributed by atoms with Gasteiger partial charge in [-0.2, -0.15) is 18.3 Å². The van der Waals surface area contributed by atoms with Gasteiger partial charge in [-0.05, 0) is 24.6 Å². The number of alkyl halides is 3. The van der Waals surface area contributed by atoms with Crippen LogP contribution in [-0.2, 0) is 6.18 Å². The van der Waals surface area contributed by atoms with E-state index in [1.165, 1.54) is 12.3 Å². The highest BCUT2D eigenvalue weighted by atomic mass is 19.4. The number of aryl methyl sites for hydroxylation is 1. The van der Waals surface area contributed by atoms with Crippen molar-refractivity contribution in [3.05, 3.63) is 41.7 Å². The first-order valence-electron chi connectivity index (χ1n) is 4.66. The minimum absolute atomic E-state index is 0.515. The van der Waals surface area contributed by atoms with E-state index in [1.807, 2.05) is 0 Å². The summed E-state index contributed by atoms with van der Waals surface area (Å²) in [5, 5.41) is 6.48. The highest BCUT2D eigenvalue weighted by molar-refractivity contribution is 5.65. The largest absolute Gasteiger partial charge is 0.416 e. The van der Waals surface area contributed by atoms with Crippen molar-refractivity contribution in [2.45, 2.75) is 13.1 Å². The Labute approximate surface area is 90.1 Å². The molecule has 0 saturated carbocycles. The zero-order valence-electron chi connectivity index (χ0n) is 8.47. The van der Waals surface area contributed by atoms with E-state index in [0.717, 1.165) is 17.8 Å². The molecule has 2 rings (SSSR count). The lowest BCUT2D eigenvalue weighted by Gasteiger charge is -2.08. The van der Waals surface area contributed by atoms with E-state index in [9.17, 15) is 13.2 Å². The van der Waals surface area contributed by atoms with Gasteiger partial charge in [0, 0.05) is 11.3 Å². The molecular weight excluding hydrogens is 217 g/mol. The normalized spacial score (nSPS) is 11.8. The molecule has 0 amide bonds. The first-order chi connectivity index (χ1) is 7.48. The minimum atomic E-state index is -4.31. The van der Waals surface area contributed by atoms with Gasteiger partial charge >= 0.3 is 6.18 Å². The van der Waals surface area contributed by atoms with Crippen molar-refractivity contribution in [2.24, 2.45) is 0 Å². The summed E-state index contributed by atoms with van der Waals surface area (Å²) in [5.74, 6) is 0. The molecule has 0 radical (unpaired) electrons. The fourth-order valence-electron chi connectivity index (χ4n) is 1.50. The van der Waals surface area contributed by atoms with Crippen LogP contribution in [0.2, 0.25) is 0 Å². The maximum Gasteiger partial charge on any atom is 0.416 e. The summed E-state index contributed by atoms with van der Waals surface area (Å²) in [7, 11) is 0. The van der Waals surface area contributed by atoms with Gasteiger partial charge in [0.15, 0.2) is 0 Å². The number of hydrogen-bond acceptors (Lipinski definition) is 1. The Bertz CT molecular complexity index is 500. The number of halogens is 3. The van der Waals surface area contributed by atoms with E-state index in [0.29, 0.717) is 11.1 Å². The third kappa shape index (κ3) is 1.93. The van der Waals surface area contributed by atoms with Crippen LogP contribution in [0.3, 0.4) is 0 Å². The van der Waals surface area contributed by atoms with E-state index in [-0.39, 0.29) is 0 Å². The molecule has 0 unspecified atom stereocenters. The number of rotatable bonds is 1. The molecule has 2 nitrogen and oxygen atoms in total. The van der Waals surface area contributed by atoms with Gasteiger partial charge in [0.2, 0.25) is 0 Å². The van der Waals surface area contributed by atoms with Crippen LogP contribution in [0.4, 0.5) is 13.2 Å². The van der Waals surface area contributed by atoms with Gasteiger partial charge in [0.1, 0.15) is 0 Å². The second kappa shape index (κ2) is 3.66. The molecule has 0 spiro atoms. The van der Waals surface area contributed by atoms with Crippen LogP contribution in [0.5, 0.6) is 0 Å². The Morgan fingerprint density at radius 2 is 2.00 bits per heavy atom. The maximum absolute atomic E-state index is 12.5. The number of nitrogens with zero attached hydrogens (tertiary/aromatic N) is 1. The van der Waals surface area contributed by atoms with Crippen molar-refractivity contribution < 1.29 is 13.2 Å². The van der Waals surface area contributed by atoms with E-state index in [4.69, 9.17) is 0 Å². The zero-order chi connectivity index (χ0) is 11.8. The summed E-state index contributed by atoms with van der Waals surface area (Å²) >= 11 is 0. The summed E-state index contributed by atoms with van der Waals surface area (Å²) in [5.41, 5.74) is 1.30. The summed E-state index contributed by atoms with van der Waals surface area (Å²) in [6.45, 7) is 1.77. The Morgan fingerprint density at radius 1 is 1.25 bits per heavy atom. The smallest absolute Gasteiger partial charge is 0.282 e. The second-order valence-electron chi connectivity index (χ2n) is 3.49. The Hall–Kier alpha value is -1.78. The fourth-order valence-corrected chi connectivity index (χ4v) is 1.50. The standard InChI is InChI=1S/C11H9F3N2/c1-7-10(6-15-16-7)8-3-2-4-9(5-8)11(12,13)14/h2-6H,1H3,(H,15,16). The highest BCUT2D eigenvalue weighted by Gasteiger charge is 2.30. The molecule has 5 heteroatoms. The molecule has 0 aliphatic rings. The molecule has 1 aromatic heterocycles. The van der Waals surface area contributed by atoms with Gasteiger partial charge in [-0.1, -0.05) is 12.1 Å². The second-order valence-corrected chi connectivity index (χ2v) is 3.49. The lowest BCUT2D eigenvalue weighted by molar-refractivity contribution is -0.137. The van der Waals surface area contributed by atoms with Crippen LogP contribution in [0, 0.1) is 6.92 Å². The van der Waals surface area contributed by atoms with Crippen LogP contribution in [0.25, 0.3) is 11.1 Å². The number of benzene rings is 1. The predicted octanol–water partition coefficient (Wildman–Crippen LogP) is 3.40. The summed E-state index contributed by atoms with van der Waals surface area (Å²) in [6.07, 6.45) is -2.79. The number of H-pyrrole nitrogens is 1. The fraction of sp³-hybridized carbons (Fsp3) is 0.182. The average molecular weight is 226 g/mol. The van der Waals surface area contributed by atoms with Crippen molar-refractivity contribution >= 4 is 0 Å². The Morgan fingerprint density at radius 3 is 2.56 bits per heavy atom. The molecule has 1 heterocycles. The van der Waals surface area contributed by atoms with Gasteiger partial charge in [0.05, 0.1) is 11.8 Å². The first-order valence-corrected chi connectivity index (χ1v) is 4.66. The van der Waals surface area contributed by atoms with E-state index in [1.54, 1.807) is 13.0 Å². The highest BCUT2D eigenvalue weighted by Crippen LogP contribution is 2.32. The summed E-state index contributed by atoms with van der Waals surface area (Å²) < 4.78 is 37.5. The Balaban J connectivity index is 2.49. The number of aromatic nitrogens is 2. The average Bonchev–Trinajstić information content (AvgIpc) is 2.63. The van der Waals surface area contributed by atoms with Crippen molar-refractivity contribution in [3.8, 4) is 11.1 Å². The molecule has 0 fully saturated rings. The third-order valence-corrected chi connectivity index (χ3v) is 2.33. The van der Waals surface area contributed by atoms with Crippen molar-refractivity contribution in [1.82, 2.24) is 10.2 Å². The van der Waals surface area contributed by atoms with Crippen molar-refractivity contribution in [3.63, 3.8) is 0 Å². The van der Waals surface area contributed by atoms with Gasteiger partial charge in [-0.3, -0.25) is 5.10 Å². The number of nitrogens with one attached hydrogen (secondary N) is 1. The molecule has 1 N–H and O–H groups in total. The molecule has 0 aliphatic heterocycles. The topological polar surface area (TPSA) is 28.7 Å².